The molecule has 0 fully saturated rings. The molecule has 2 aromatic carbocycles. The first kappa shape index (κ1) is 30.3. The Balaban J connectivity index is 1.80. The lowest BCUT2D eigenvalue weighted by molar-refractivity contribution is -0.138. The minimum absolute atomic E-state index is 0.0939. The van der Waals surface area contributed by atoms with Gasteiger partial charge in [0.1, 0.15) is 0 Å². The van der Waals surface area contributed by atoms with Crippen molar-refractivity contribution in [3.8, 4) is 5.69 Å². The molecular formula is C28H26BrClF3N5O3. The van der Waals surface area contributed by atoms with Crippen molar-refractivity contribution in [2.45, 2.75) is 45.1 Å². The highest BCUT2D eigenvalue weighted by atomic mass is 79.9. The van der Waals surface area contributed by atoms with Crippen LogP contribution in [0.1, 0.15) is 51.4 Å². The summed E-state index contributed by atoms with van der Waals surface area (Å²) < 4.78 is 41.6. The Bertz CT molecular complexity index is 1610. The number of anilines is 1. The van der Waals surface area contributed by atoms with Crippen molar-refractivity contribution in [1.29, 1.82) is 0 Å². The fourth-order valence-corrected chi connectivity index (χ4v) is 5.27. The van der Waals surface area contributed by atoms with Crippen LogP contribution in [0.3, 0.4) is 0 Å². The van der Waals surface area contributed by atoms with E-state index in [1.165, 1.54) is 40.8 Å². The van der Waals surface area contributed by atoms with E-state index in [2.05, 4.69) is 38.1 Å². The fourth-order valence-electron chi connectivity index (χ4n) is 4.53. The lowest BCUT2D eigenvalue weighted by Crippen LogP contribution is -2.46. The van der Waals surface area contributed by atoms with Crippen molar-refractivity contribution < 1.29 is 22.8 Å². The van der Waals surface area contributed by atoms with E-state index in [1.54, 1.807) is 26.0 Å². The quantitative estimate of drug-likeness (QED) is 0.338. The van der Waals surface area contributed by atoms with E-state index in [9.17, 15) is 27.6 Å². The van der Waals surface area contributed by atoms with Crippen LogP contribution in [0.15, 0.2) is 58.3 Å². The third kappa shape index (κ3) is 6.03. The average Bonchev–Trinajstić information content (AvgIpc) is 2.92. The molecule has 2 N–H and O–H groups in total. The Morgan fingerprint density at radius 3 is 2.51 bits per heavy atom. The number of aromatic nitrogens is 2. The molecule has 4 rings (SSSR count). The molecule has 0 bridgehead atoms. The first-order chi connectivity index (χ1) is 19.3. The van der Waals surface area contributed by atoms with Crippen molar-refractivity contribution in [1.82, 2.24) is 19.8 Å². The average molecular weight is 653 g/mol. The summed E-state index contributed by atoms with van der Waals surface area (Å²) in [5, 5.41) is 5.76. The van der Waals surface area contributed by atoms with Crippen LogP contribution in [0.5, 0.6) is 0 Å². The Hall–Kier alpha value is -3.64. The van der Waals surface area contributed by atoms with Gasteiger partial charge >= 0.3 is 6.18 Å². The van der Waals surface area contributed by atoms with Crippen LogP contribution in [0.25, 0.3) is 5.69 Å². The summed E-state index contributed by atoms with van der Waals surface area (Å²) in [6, 6.07) is 6.99. The molecule has 0 saturated carbocycles. The SMILES string of the molecule is C=CC(C)Nc1nc2c(c(=O)n1-c1ccc(C(=O)NC)cc1Cl)CC(C)N(C(=O)c1ccc(Br)c(C(F)(F)F)c1)C2. The molecule has 2 unspecified atom stereocenters. The third-order valence-corrected chi connectivity index (χ3v) is 7.78. The van der Waals surface area contributed by atoms with Gasteiger partial charge in [0.25, 0.3) is 17.4 Å². The molecule has 1 aliphatic rings. The molecule has 0 spiro atoms. The summed E-state index contributed by atoms with van der Waals surface area (Å²) in [5.41, 5.74) is -0.272. The molecule has 8 nitrogen and oxygen atoms in total. The number of rotatable bonds is 6. The van der Waals surface area contributed by atoms with Crippen molar-refractivity contribution in [2.24, 2.45) is 0 Å². The van der Waals surface area contributed by atoms with Gasteiger partial charge in [-0.05, 0) is 56.7 Å². The summed E-state index contributed by atoms with van der Waals surface area (Å²) >= 11 is 9.42. The molecule has 0 aliphatic carbocycles. The predicted octanol–water partition coefficient (Wildman–Crippen LogP) is 5.60. The summed E-state index contributed by atoms with van der Waals surface area (Å²) in [7, 11) is 1.49. The van der Waals surface area contributed by atoms with E-state index >= 15 is 0 Å². The molecule has 1 aliphatic heterocycles. The number of hydrogen-bond donors (Lipinski definition) is 2. The van der Waals surface area contributed by atoms with Gasteiger partial charge in [-0.1, -0.05) is 33.6 Å². The van der Waals surface area contributed by atoms with Gasteiger partial charge in [0.2, 0.25) is 5.95 Å². The van der Waals surface area contributed by atoms with Crippen molar-refractivity contribution in [2.75, 3.05) is 12.4 Å². The van der Waals surface area contributed by atoms with Gasteiger partial charge in [-0.2, -0.15) is 13.2 Å². The minimum atomic E-state index is -4.65. The monoisotopic (exact) mass is 651 g/mol. The molecule has 41 heavy (non-hydrogen) atoms. The number of carbonyl (C=O) groups excluding carboxylic acids is 2. The van der Waals surface area contributed by atoms with Crippen LogP contribution in [0.4, 0.5) is 19.1 Å². The van der Waals surface area contributed by atoms with Crippen molar-refractivity contribution >= 4 is 45.3 Å². The highest BCUT2D eigenvalue weighted by Gasteiger charge is 2.36. The number of benzene rings is 2. The van der Waals surface area contributed by atoms with E-state index < -0.39 is 29.2 Å². The van der Waals surface area contributed by atoms with Crippen LogP contribution in [-0.4, -0.2) is 45.4 Å². The van der Waals surface area contributed by atoms with E-state index in [0.29, 0.717) is 22.5 Å². The minimum Gasteiger partial charge on any atom is -0.355 e. The fraction of sp³-hybridized carbons (Fsp3) is 0.286. The number of hydrogen-bond acceptors (Lipinski definition) is 5. The zero-order valence-electron chi connectivity index (χ0n) is 22.3. The first-order valence-corrected chi connectivity index (χ1v) is 13.7. The molecular weight excluding hydrogens is 627 g/mol. The Morgan fingerprint density at radius 1 is 1.22 bits per heavy atom. The topological polar surface area (TPSA) is 96.3 Å². The van der Waals surface area contributed by atoms with Gasteiger partial charge < -0.3 is 15.5 Å². The second-order valence-electron chi connectivity index (χ2n) is 9.59. The number of fused-ring (bicyclic) bond motifs is 1. The largest absolute Gasteiger partial charge is 0.417 e. The maximum absolute atomic E-state index is 13.9. The molecule has 2 atom stereocenters. The lowest BCUT2D eigenvalue weighted by Gasteiger charge is -2.35. The molecule has 1 aromatic heterocycles. The van der Waals surface area contributed by atoms with Gasteiger partial charge in [-0.3, -0.25) is 14.4 Å². The Morgan fingerprint density at radius 2 is 1.90 bits per heavy atom. The summed E-state index contributed by atoms with van der Waals surface area (Å²) in [6.45, 7) is 7.17. The standard InChI is InChI=1S/C28H26BrClF3N5O3/c1-5-14(2)35-27-36-22-13-37(25(40)17-6-8-20(29)19(11-17)28(31,32)33)15(3)10-18(22)26(41)38(27)23-9-7-16(12-21(23)30)24(39)34-4/h5-9,11-12,14-15H,1,10,13H2,2-4H3,(H,34,39)(H,35,36). The number of carbonyl (C=O) groups is 2. The maximum Gasteiger partial charge on any atom is 0.417 e. The number of amides is 2. The summed E-state index contributed by atoms with van der Waals surface area (Å²) in [6.07, 6.45) is -2.93. The van der Waals surface area contributed by atoms with Gasteiger partial charge in [-0.15, -0.1) is 6.58 Å². The Labute approximate surface area is 247 Å². The number of nitrogens with zero attached hydrogens (tertiary/aromatic N) is 3. The zero-order chi connectivity index (χ0) is 30.2. The van der Waals surface area contributed by atoms with Gasteiger partial charge in [0, 0.05) is 40.3 Å². The predicted molar refractivity (Wildman–Crippen MR) is 154 cm³/mol. The van der Waals surface area contributed by atoms with E-state index in [4.69, 9.17) is 11.6 Å². The van der Waals surface area contributed by atoms with Gasteiger partial charge in [-0.25, -0.2) is 9.55 Å². The molecule has 2 heterocycles. The van der Waals surface area contributed by atoms with Crippen LogP contribution in [0.2, 0.25) is 5.02 Å². The third-order valence-electron chi connectivity index (χ3n) is 6.78. The number of nitrogens with one attached hydrogen (secondary N) is 2. The first-order valence-electron chi connectivity index (χ1n) is 12.5. The lowest BCUT2D eigenvalue weighted by atomic mass is 9.98. The summed E-state index contributed by atoms with van der Waals surface area (Å²) in [4.78, 5) is 45.4. The second kappa shape index (κ2) is 11.7. The van der Waals surface area contributed by atoms with Crippen LogP contribution in [0, 0.1) is 0 Å². The van der Waals surface area contributed by atoms with Gasteiger partial charge in [0.15, 0.2) is 0 Å². The highest BCUT2D eigenvalue weighted by molar-refractivity contribution is 9.10. The Kier molecular flexibility index (Phi) is 8.65. The maximum atomic E-state index is 13.9. The molecule has 0 saturated heterocycles. The number of alkyl halides is 3. The molecule has 2 amide bonds. The highest BCUT2D eigenvalue weighted by Crippen LogP contribution is 2.36. The molecule has 0 radical (unpaired) electrons. The van der Waals surface area contributed by atoms with E-state index in [1.807, 2.05) is 0 Å². The van der Waals surface area contributed by atoms with Gasteiger partial charge in [0.05, 0.1) is 28.5 Å². The summed E-state index contributed by atoms with van der Waals surface area (Å²) in [5.74, 6) is -0.839. The van der Waals surface area contributed by atoms with Crippen LogP contribution >= 0.6 is 27.5 Å². The molecule has 3 aromatic rings. The molecule has 216 valence electrons. The van der Waals surface area contributed by atoms with Crippen molar-refractivity contribution in [3.63, 3.8) is 0 Å². The van der Waals surface area contributed by atoms with Crippen molar-refractivity contribution in [3.05, 3.63) is 96.9 Å². The zero-order valence-corrected chi connectivity index (χ0v) is 24.6. The van der Waals surface area contributed by atoms with E-state index in [-0.39, 0.29) is 45.9 Å². The van der Waals surface area contributed by atoms with E-state index in [0.717, 1.165) is 6.07 Å². The normalized spacial score (nSPS) is 15.6. The van der Waals surface area contributed by atoms with Crippen LogP contribution < -0.4 is 16.2 Å². The molecule has 13 heteroatoms. The smallest absolute Gasteiger partial charge is 0.355 e. The van der Waals surface area contributed by atoms with Crippen LogP contribution in [-0.2, 0) is 19.1 Å². The number of halogens is 5. The second-order valence-corrected chi connectivity index (χ2v) is 10.9.